The monoisotopic (exact) mass is 333 g/mol. The maximum Gasteiger partial charge on any atom is 0.255 e. The summed E-state index contributed by atoms with van der Waals surface area (Å²) in [5, 5.41) is 15.6. The molecule has 2 heterocycles. The van der Waals surface area contributed by atoms with Gasteiger partial charge in [-0.3, -0.25) is 9.48 Å². The molecule has 0 fully saturated rings. The number of carbonyl (C=O) groups excluding carboxylic acids is 1. The van der Waals surface area contributed by atoms with Gasteiger partial charge in [0.2, 0.25) is 5.88 Å². The lowest BCUT2D eigenvalue weighted by atomic mass is 10.2. The predicted octanol–water partition coefficient (Wildman–Crippen LogP) is 3.21. The number of hydrogen-bond donors (Lipinski definition) is 1. The van der Waals surface area contributed by atoms with Crippen LogP contribution in [0.15, 0.2) is 55.0 Å². The fourth-order valence-corrected chi connectivity index (χ4v) is 2.11. The van der Waals surface area contributed by atoms with E-state index >= 15 is 0 Å². The molecule has 1 aromatic carbocycles. The van der Waals surface area contributed by atoms with E-state index in [1.54, 1.807) is 53.5 Å². The number of nitriles is 1. The molecule has 0 saturated carbocycles. The van der Waals surface area contributed by atoms with Crippen molar-refractivity contribution >= 4 is 11.6 Å². The smallest absolute Gasteiger partial charge is 0.255 e. The molecule has 0 saturated heterocycles. The molecule has 7 heteroatoms. The summed E-state index contributed by atoms with van der Waals surface area (Å²) >= 11 is 0. The van der Waals surface area contributed by atoms with Gasteiger partial charge >= 0.3 is 0 Å². The van der Waals surface area contributed by atoms with Crippen molar-refractivity contribution in [1.29, 1.82) is 5.26 Å². The van der Waals surface area contributed by atoms with Gasteiger partial charge in [0, 0.05) is 30.6 Å². The number of benzene rings is 1. The highest BCUT2D eigenvalue weighted by Gasteiger charge is 2.08. The quantitative estimate of drug-likeness (QED) is 0.774. The zero-order valence-electron chi connectivity index (χ0n) is 13.5. The molecule has 7 nitrogen and oxygen atoms in total. The third-order valence-corrected chi connectivity index (χ3v) is 3.42. The van der Waals surface area contributed by atoms with Crippen molar-refractivity contribution < 1.29 is 9.53 Å². The van der Waals surface area contributed by atoms with Gasteiger partial charge in [-0.05, 0) is 37.3 Å². The van der Waals surface area contributed by atoms with Crippen LogP contribution in [0, 0.1) is 11.3 Å². The highest BCUT2D eigenvalue weighted by Crippen LogP contribution is 2.20. The number of carbonyl (C=O) groups is 1. The van der Waals surface area contributed by atoms with E-state index in [4.69, 9.17) is 10.00 Å². The number of rotatable bonds is 5. The van der Waals surface area contributed by atoms with Crippen molar-refractivity contribution in [3.8, 4) is 17.7 Å². The van der Waals surface area contributed by atoms with Crippen molar-refractivity contribution in [2.24, 2.45) is 0 Å². The van der Waals surface area contributed by atoms with Crippen molar-refractivity contribution in [2.45, 2.75) is 13.5 Å². The Labute approximate surface area is 144 Å². The molecule has 1 amide bonds. The van der Waals surface area contributed by atoms with E-state index in [0.29, 0.717) is 28.4 Å². The van der Waals surface area contributed by atoms with Crippen LogP contribution in [0.3, 0.4) is 0 Å². The number of anilines is 1. The van der Waals surface area contributed by atoms with Gasteiger partial charge in [0.05, 0.1) is 17.4 Å². The van der Waals surface area contributed by atoms with Crippen LogP contribution >= 0.6 is 0 Å². The first-order valence-electron chi connectivity index (χ1n) is 7.66. The minimum Gasteiger partial charge on any atom is -0.439 e. The summed E-state index contributed by atoms with van der Waals surface area (Å²) in [6.07, 6.45) is 4.81. The number of ether oxygens (including phenoxy) is 1. The molecular weight excluding hydrogens is 318 g/mol. The fourth-order valence-electron chi connectivity index (χ4n) is 2.11. The standard InChI is InChI=1S/C18H15N5O2/c1-2-23-12-15(11-21-23)22-18(24)14-4-6-16(7-5-14)25-17-8-3-13(9-19)10-20-17/h3-8,10-12H,2H2,1H3,(H,22,24). The lowest BCUT2D eigenvalue weighted by Gasteiger charge is -2.06. The highest BCUT2D eigenvalue weighted by molar-refractivity contribution is 6.04. The van der Waals surface area contributed by atoms with Gasteiger partial charge in [-0.15, -0.1) is 0 Å². The van der Waals surface area contributed by atoms with E-state index in [1.807, 2.05) is 13.0 Å². The Kier molecular flexibility index (Phi) is 4.72. The Morgan fingerprint density at radius 3 is 2.64 bits per heavy atom. The molecule has 3 rings (SSSR count). The van der Waals surface area contributed by atoms with Crippen LogP contribution in [0.4, 0.5) is 5.69 Å². The Morgan fingerprint density at radius 2 is 2.04 bits per heavy atom. The van der Waals surface area contributed by atoms with Gasteiger partial charge in [-0.2, -0.15) is 10.4 Å². The Balaban J connectivity index is 1.64. The van der Waals surface area contributed by atoms with Crippen LogP contribution in [0.2, 0.25) is 0 Å². The average molecular weight is 333 g/mol. The molecule has 0 aliphatic rings. The van der Waals surface area contributed by atoms with Crippen LogP contribution in [-0.2, 0) is 6.54 Å². The third-order valence-electron chi connectivity index (χ3n) is 3.42. The number of aryl methyl sites for hydroxylation is 1. The molecule has 0 aliphatic heterocycles. The second-order valence-electron chi connectivity index (χ2n) is 5.16. The number of nitrogens with one attached hydrogen (secondary N) is 1. The largest absolute Gasteiger partial charge is 0.439 e. The molecular formula is C18H15N5O2. The summed E-state index contributed by atoms with van der Waals surface area (Å²) in [5.41, 5.74) is 1.61. The molecule has 0 radical (unpaired) electrons. The zero-order valence-corrected chi connectivity index (χ0v) is 13.5. The van der Waals surface area contributed by atoms with E-state index in [-0.39, 0.29) is 5.91 Å². The van der Waals surface area contributed by atoms with E-state index in [2.05, 4.69) is 15.4 Å². The minimum atomic E-state index is -0.223. The van der Waals surface area contributed by atoms with Crippen LogP contribution in [0.25, 0.3) is 0 Å². The first kappa shape index (κ1) is 16.2. The van der Waals surface area contributed by atoms with Gasteiger partial charge in [-0.25, -0.2) is 4.98 Å². The molecule has 0 spiro atoms. The van der Waals surface area contributed by atoms with Gasteiger partial charge in [0.25, 0.3) is 5.91 Å². The molecule has 0 bridgehead atoms. The van der Waals surface area contributed by atoms with Crippen LogP contribution in [-0.4, -0.2) is 20.7 Å². The van der Waals surface area contributed by atoms with Crippen molar-refractivity contribution in [3.63, 3.8) is 0 Å². The normalized spacial score (nSPS) is 10.1. The van der Waals surface area contributed by atoms with Crippen LogP contribution in [0.1, 0.15) is 22.8 Å². The molecule has 3 aromatic rings. The first-order valence-corrected chi connectivity index (χ1v) is 7.66. The molecule has 124 valence electrons. The fraction of sp³-hybridized carbons (Fsp3) is 0.111. The SMILES string of the molecule is CCn1cc(NC(=O)c2ccc(Oc3ccc(C#N)cn3)cc2)cn1. The second-order valence-corrected chi connectivity index (χ2v) is 5.16. The first-order chi connectivity index (χ1) is 12.2. The summed E-state index contributed by atoms with van der Waals surface area (Å²) in [5.74, 6) is 0.703. The van der Waals surface area contributed by atoms with Crippen molar-refractivity contribution in [3.05, 3.63) is 66.1 Å². The lowest BCUT2D eigenvalue weighted by Crippen LogP contribution is -2.11. The second kappa shape index (κ2) is 7.27. The maximum atomic E-state index is 12.2. The van der Waals surface area contributed by atoms with E-state index < -0.39 is 0 Å². The summed E-state index contributed by atoms with van der Waals surface area (Å²) in [6, 6.07) is 11.9. The molecule has 2 aromatic heterocycles. The maximum absolute atomic E-state index is 12.2. The molecule has 0 unspecified atom stereocenters. The number of aromatic nitrogens is 3. The van der Waals surface area contributed by atoms with Gasteiger partial charge < -0.3 is 10.1 Å². The Bertz CT molecular complexity index is 908. The zero-order chi connectivity index (χ0) is 17.6. The molecule has 1 N–H and O–H groups in total. The predicted molar refractivity (Wildman–Crippen MR) is 91.3 cm³/mol. The average Bonchev–Trinajstić information content (AvgIpc) is 3.10. The number of amides is 1. The number of pyridine rings is 1. The van der Waals surface area contributed by atoms with Gasteiger partial charge in [0.15, 0.2) is 0 Å². The van der Waals surface area contributed by atoms with Crippen molar-refractivity contribution in [1.82, 2.24) is 14.8 Å². The van der Waals surface area contributed by atoms with Crippen LogP contribution in [0.5, 0.6) is 11.6 Å². The van der Waals surface area contributed by atoms with Gasteiger partial charge in [-0.1, -0.05) is 0 Å². The van der Waals surface area contributed by atoms with E-state index in [0.717, 1.165) is 6.54 Å². The minimum absolute atomic E-state index is 0.223. The van der Waals surface area contributed by atoms with Crippen LogP contribution < -0.4 is 10.1 Å². The number of nitrogens with zero attached hydrogens (tertiary/aromatic N) is 4. The summed E-state index contributed by atoms with van der Waals surface area (Å²) in [4.78, 5) is 16.3. The summed E-state index contributed by atoms with van der Waals surface area (Å²) in [7, 11) is 0. The van der Waals surface area contributed by atoms with E-state index in [9.17, 15) is 4.79 Å². The van der Waals surface area contributed by atoms with E-state index in [1.165, 1.54) is 6.20 Å². The Morgan fingerprint density at radius 1 is 1.24 bits per heavy atom. The van der Waals surface area contributed by atoms with Gasteiger partial charge in [0.1, 0.15) is 11.8 Å². The Hall–Kier alpha value is -3.66. The topological polar surface area (TPSA) is 92.8 Å². The number of hydrogen-bond acceptors (Lipinski definition) is 5. The molecule has 0 aliphatic carbocycles. The van der Waals surface area contributed by atoms with Crippen molar-refractivity contribution in [2.75, 3.05) is 5.32 Å². The molecule has 25 heavy (non-hydrogen) atoms. The lowest BCUT2D eigenvalue weighted by molar-refractivity contribution is 0.102. The summed E-state index contributed by atoms with van der Waals surface area (Å²) < 4.78 is 7.32. The third kappa shape index (κ3) is 4.00. The highest BCUT2D eigenvalue weighted by atomic mass is 16.5. The molecule has 0 atom stereocenters. The summed E-state index contributed by atoms with van der Waals surface area (Å²) in [6.45, 7) is 2.71.